The van der Waals surface area contributed by atoms with E-state index in [9.17, 15) is 9.59 Å². The number of carbonyl (C=O) groups excluding carboxylic acids is 2. The van der Waals surface area contributed by atoms with Crippen molar-refractivity contribution in [1.29, 1.82) is 0 Å². The molecule has 1 atom stereocenters. The van der Waals surface area contributed by atoms with Gasteiger partial charge in [0, 0.05) is 36.8 Å². The van der Waals surface area contributed by atoms with Gasteiger partial charge >= 0.3 is 6.09 Å². The Kier molecular flexibility index (Phi) is 12.6. The third-order valence-corrected chi connectivity index (χ3v) is 10.1. The number of hydrogen-bond acceptors (Lipinski definition) is 5. The van der Waals surface area contributed by atoms with Crippen LogP contribution >= 0.6 is 11.8 Å². The van der Waals surface area contributed by atoms with Gasteiger partial charge in [0.1, 0.15) is 17.5 Å². The summed E-state index contributed by atoms with van der Waals surface area (Å²) in [6.07, 6.45) is 4.96. The number of hydrogen-bond donors (Lipinski definition) is 2. The minimum absolute atomic E-state index is 0.146. The number of aromatic nitrogens is 2. The minimum atomic E-state index is -0.809. The number of likely N-dealkylation sites (N-methyl/N-ethyl adjacent to an activating group) is 1. The minimum Gasteiger partial charge on any atom is -0.444 e. The number of imidazole rings is 1. The maximum atomic E-state index is 14.1. The third-order valence-electron chi connectivity index (χ3n) is 8.49. The lowest BCUT2D eigenvalue weighted by atomic mass is 9.84. The molecule has 260 valence electrons. The number of carbonyl (C=O) groups is 2. The zero-order valence-corrected chi connectivity index (χ0v) is 30.3. The second-order valence-corrected chi connectivity index (χ2v) is 14.7. The molecule has 0 spiro atoms. The van der Waals surface area contributed by atoms with Crippen LogP contribution in [-0.4, -0.2) is 57.9 Å². The second-order valence-electron chi connectivity index (χ2n) is 13.5. The lowest BCUT2D eigenvalue weighted by molar-refractivity contribution is -0.131. The molecule has 8 heteroatoms. The normalized spacial score (nSPS) is 12.2. The molecule has 0 aliphatic heterocycles. The average Bonchev–Trinajstić information content (AvgIpc) is 3.61. The summed E-state index contributed by atoms with van der Waals surface area (Å²) in [5.41, 5.74) is 4.74. The summed E-state index contributed by atoms with van der Waals surface area (Å²) in [5.74, 6) is 1.06. The molecular weight excluding hydrogens is 641 g/mol. The van der Waals surface area contributed by atoms with E-state index in [2.05, 4.69) is 51.7 Å². The van der Waals surface area contributed by atoms with E-state index in [1.54, 1.807) is 16.7 Å². The van der Waals surface area contributed by atoms with Crippen molar-refractivity contribution in [2.75, 3.05) is 19.3 Å². The molecule has 0 radical (unpaired) electrons. The van der Waals surface area contributed by atoms with Crippen LogP contribution in [0.15, 0.2) is 128 Å². The van der Waals surface area contributed by atoms with Crippen molar-refractivity contribution in [3.05, 3.63) is 150 Å². The van der Waals surface area contributed by atoms with Crippen LogP contribution in [0, 0.1) is 0 Å². The van der Waals surface area contributed by atoms with Crippen molar-refractivity contribution >= 4 is 23.8 Å². The first kappa shape index (κ1) is 36.5. The largest absolute Gasteiger partial charge is 0.444 e. The highest BCUT2D eigenvalue weighted by atomic mass is 32.2. The van der Waals surface area contributed by atoms with Crippen LogP contribution in [0.4, 0.5) is 4.79 Å². The predicted octanol–water partition coefficient (Wildman–Crippen LogP) is 8.87. The van der Waals surface area contributed by atoms with Crippen molar-refractivity contribution in [2.24, 2.45) is 0 Å². The quantitative estimate of drug-likeness (QED) is 0.0848. The molecular formula is C42H48N4O3S. The van der Waals surface area contributed by atoms with Gasteiger partial charge in [-0.05, 0) is 56.7 Å². The fourth-order valence-electron chi connectivity index (χ4n) is 6.05. The molecule has 1 aromatic heterocycles. The molecule has 0 aliphatic carbocycles. The fraction of sp³-hybridized carbons (Fsp3) is 0.310. The highest BCUT2D eigenvalue weighted by Crippen LogP contribution is 2.48. The predicted molar refractivity (Wildman–Crippen MR) is 204 cm³/mol. The molecule has 50 heavy (non-hydrogen) atoms. The van der Waals surface area contributed by atoms with E-state index in [1.807, 2.05) is 119 Å². The van der Waals surface area contributed by atoms with Crippen LogP contribution in [0.2, 0.25) is 0 Å². The van der Waals surface area contributed by atoms with Gasteiger partial charge in [-0.2, -0.15) is 0 Å². The maximum absolute atomic E-state index is 14.1. The smallest absolute Gasteiger partial charge is 0.408 e. The van der Waals surface area contributed by atoms with Crippen LogP contribution in [0.25, 0.3) is 11.4 Å². The van der Waals surface area contributed by atoms with E-state index in [1.165, 1.54) is 0 Å². The molecule has 1 unspecified atom stereocenters. The number of rotatable bonds is 15. The first-order valence-electron chi connectivity index (χ1n) is 17.3. The number of nitrogens with zero attached hydrogens (tertiary/aromatic N) is 2. The van der Waals surface area contributed by atoms with Crippen LogP contribution in [0.1, 0.15) is 62.4 Å². The Balaban J connectivity index is 1.30. The van der Waals surface area contributed by atoms with Crippen molar-refractivity contribution < 1.29 is 14.3 Å². The molecule has 2 N–H and O–H groups in total. The lowest BCUT2D eigenvalue weighted by Crippen LogP contribution is -2.50. The number of aryl methyl sites for hydroxylation is 1. The van der Waals surface area contributed by atoms with E-state index in [-0.39, 0.29) is 5.91 Å². The van der Waals surface area contributed by atoms with Gasteiger partial charge < -0.3 is 19.9 Å². The number of ether oxygens (including phenoxy) is 1. The monoisotopic (exact) mass is 688 g/mol. The van der Waals surface area contributed by atoms with E-state index < -0.39 is 22.5 Å². The first-order valence-corrected chi connectivity index (χ1v) is 18.3. The van der Waals surface area contributed by atoms with Gasteiger partial charge in [0.15, 0.2) is 0 Å². The van der Waals surface area contributed by atoms with Crippen LogP contribution in [0.5, 0.6) is 0 Å². The Bertz CT molecular complexity index is 1680. The van der Waals surface area contributed by atoms with Gasteiger partial charge in [0.25, 0.3) is 0 Å². The molecule has 0 saturated carbocycles. The van der Waals surface area contributed by atoms with Crippen LogP contribution in [0.3, 0.4) is 0 Å². The number of alkyl carbamates (subject to hydrolysis) is 1. The van der Waals surface area contributed by atoms with Crippen molar-refractivity contribution in [3.8, 4) is 11.4 Å². The SMILES string of the molecule is CN(CCCCCc1cnc(-c2ccccc2)[nH]1)C(=O)C(CSC(c1ccccc1)(c1ccccc1)c1ccccc1)NC(=O)OC(C)(C)C. The topological polar surface area (TPSA) is 87.3 Å². The Hall–Kier alpha value is -4.82. The van der Waals surface area contributed by atoms with E-state index in [4.69, 9.17) is 4.74 Å². The molecule has 5 rings (SSSR count). The number of unbranched alkanes of at least 4 members (excludes halogenated alkanes) is 2. The number of amides is 2. The van der Waals surface area contributed by atoms with Crippen LogP contribution in [-0.2, 0) is 20.7 Å². The standard InChI is InChI=1S/C42H48N4O3S/c1-41(2,3)49-40(48)45-37(39(47)46(4)29-19-9-18-28-36-30-43-38(44-36)32-20-10-5-11-21-32)31-50-42(33-22-12-6-13-23-33,34-24-14-7-15-25-34)35-26-16-8-17-27-35/h5-8,10-17,20-27,30,37H,9,18-19,28-29,31H2,1-4H3,(H,43,44)(H,45,48). The Labute approximate surface area is 300 Å². The molecule has 0 bridgehead atoms. The van der Waals surface area contributed by atoms with Gasteiger partial charge in [0.2, 0.25) is 5.91 Å². The lowest BCUT2D eigenvalue weighted by Gasteiger charge is -2.37. The molecule has 4 aromatic carbocycles. The molecule has 1 heterocycles. The number of H-pyrrole nitrogens is 1. The molecule has 5 aromatic rings. The number of benzene rings is 4. The van der Waals surface area contributed by atoms with Gasteiger partial charge in [0.05, 0.1) is 4.75 Å². The Morgan fingerprint density at radius 3 is 1.82 bits per heavy atom. The fourth-order valence-corrected chi connectivity index (χ4v) is 7.60. The summed E-state index contributed by atoms with van der Waals surface area (Å²) in [6.45, 7) is 6.04. The maximum Gasteiger partial charge on any atom is 0.408 e. The highest BCUT2D eigenvalue weighted by molar-refractivity contribution is 8.00. The highest BCUT2D eigenvalue weighted by Gasteiger charge is 2.39. The summed E-state index contributed by atoms with van der Waals surface area (Å²) in [5, 5.41) is 2.94. The van der Waals surface area contributed by atoms with Gasteiger partial charge in [-0.3, -0.25) is 4.79 Å². The number of aromatic amines is 1. The molecule has 7 nitrogen and oxygen atoms in total. The Morgan fingerprint density at radius 1 is 0.780 bits per heavy atom. The summed E-state index contributed by atoms with van der Waals surface area (Å²) >= 11 is 1.64. The number of thioether (sulfide) groups is 1. The van der Waals surface area contributed by atoms with Crippen LogP contribution < -0.4 is 5.32 Å². The first-order chi connectivity index (χ1) is 24.2. The molecule has 0 aliphatic rings. The van der Waals surface area contributed by atoms with Crippen molar-refractivity contribution in [2.45, 2.75) is 62.8 Å². The van der Waals surface area contributed by atoms with Gasteiger partial charge in [-0.25, -0.2) is 9.78 Å². The van der Waals surface area contributed by atoms with E-state index in [0.29, 0.717) is 12.3 Å². The van der Waals surface area contributed by atoms with E-state index in [0.717, 1.165) is 59.5 Å². The van der Waals surface area contributed by atoms with Gasteiger partial charge in [-0.15, -0.1) is 11.8 Å². The molecule has 0 fully saturated rings. The van der Waals surface area contributed by atoms with Crippen molar-refractivity contribution in [1.82, 2.24) is 20.2 Å². The second kappa shape index (κ2) is 17.2. The zero-order valence-electron chi connectivity index (χ0n) is 29.5. The summed E-state index contributed by atoms with van der Waals surface area (Å²) < 4.78 is 5.00. The average molecular weight is 689 g/mol. The van der Waals surface area contributed by atoms with Crippen molar-refractivity contribution in [3.63, 3.8) is 0 Å². The van der Waals surface area contributed by atoms with Gasteiger partial charge in [-0.1, -0.05) is 128 Å². The van der Waals surface area contributed by atoms with E-state index >= 15 is 0 Å². The summed E-state index contributed by atoms with van der Waals surface area (Å²) in [4.78, 5) is 37.0. The third kappa shape index (κ3) is 9.66. The summed E-state index contributed by atoms with van der Waals surface area (Å²) in [6, 6.07) is 40.3. The molecule has 2 amide bonds. The Morgan fingerprint density at radius 2 is 1.30 bits per heavy atom. The zero-order chi connectivity index (χ0) is 35.4. The summed E-state index contributed by atoms with van der Waals surface area (Å²) in [7, 11) is 1.82. The molecule has 0 saturated heterocycles. The number of nitrogens with one attached hydrogen (secondary N) is 2.